The topological polar surface area (TPSA) is 108 Å². The summed E-state index contributed by atoms with van der Waals surface area (Å²) in [6.07, 6.45) is 0. The van der Waals surface area contributed by atoms with Crippen LogP contribution in [-0.4, -0.2) is 44.8 Å². The van der Waals surface area contributed by atoms with Gasteiger partial charge in [-0.25, -0.2) is 17.5 Å². The SMILES string of the molecule is CC1=C(C(=O)NCc2ccc(S(=O)(=O)N(C)C)cc2)[C@@H](C)NC(=O)N1. The molecule has 1 heterocycles. The predicted molar refractivity (Wildman–Crippen MR) is 93.0 cm³/mol. The maximum atomic E-state index is 12.4. The van der Waals surface area contributed by atoms with Gasteiger partial charge in [0.15, 0.2) is 0 Å². The molecule has 1 aromatic carbocycles. The van der Waals surface area contributed by atoms with Crippen LogP contribution in [0.4, 0.5) is 4.79 Å². The van der Waals surface area contributed by atoms with E-state index in [1.807, 2.05) is 0 Å². The molecule has 0 aliphatic carbocycles. The van der Waals surface area contributed by atoms with Crippen molar-refractivity contribution in [2.45, 2.75) is 31.3 Å². The lowest BCUT2D eigenvalue weighted by Crippen LogP contribution is -2.50. The molecule has 1 aromatic rings. The van der Waals surface area contributed by atoms with Crippen molar-refractivity contribution in [2.75, 3.05) is 14.1 Å². The van der Waals surface area contributed by atoms with Gasteiger partial charge in [0.1, 0.15) is 0 Å². The second kappa shape index (κ2) is 7.24. The average molecular weight is 366 g/mol. The molecule has 1 atom stereocenters. The van der Waals surface area contributed by atoms with E-state index < -0.39 is 10.0 Å². The van der Waals surface area contributed by atoms with E-state index in [-0.39, 0.29) is 29.4 Å². The molecule has 0 saturated carbocycles. The van der Waals surface area contributed by atoms with E-state index in [0.29, 0.717) is 11.3 Å². The molecule has 3 amide bonds. The van der Waals surface area contributed by atoms with Crippen LogP contribution in [-0.2, 0) is 21.4 Å². The van der Waals surface area contributed by atoms with E-state index in [0.717, 1.165) is 9.87 Å². The Morgan fingerprint density at radius 2 is 1.84 bits per heavy atom. The van der Waals surface area contributed by atoms with Gasteiger partial charge in [-0.2, -0.15) is 0 Å². The van der Waals surface area contributed by atoms with E-state index in [1.54, 1.807) is 26.0 Å². The number of urea groups is 1. The Balaban J connectivity index is 2.06. The fourth-order valence-electron chi connectivity index (χ4n) is 2.50. The van der Waals surface area contributed by atoms with E-state index in [1.165, 1.54) is 26.2 Å². The van der Waals surface area contributed by atoms with Crippen molar-refractivity contribution in [3.05, 3.63) is 41.1 Å². The van der Waals surface area contributed by atoms with Gasteiger partial charge in [0.2, 0.25) is 10.0 Å². The first-order valence-electron chi connectivity index (χ1n) is 7.71. The summed E-state index contributed by atoms with van der Waals surface area (Å²) in [5.41, 5.74) is 1.75. The lowest BCUT2D eigenvalue weighted by molar-refractivity contribution is -0.118. The highest BCUT2D eigenvalue weighted by atomic mass is 32.2. The van der Waals surface area contributed by atoms with Crippen LogP contribution in [0.25, 0.3) is 0 Å². The van der Waals surface area contributed by atoms with Crippen molar-refractivity contribution in [1.29, 1.82) is 0 Å². The smallest absolute Gasteiger partial charge is 0.319 e. The van der Waals surface area contributed by atoms with Gasteiger partial charge >= 0.3 is 6.03 Å². The van der Waals surface area contributed by atoms with Crippen LogP contribution < -0.4 is 16.0 Å². The van der Waals surface area contributed by atoms with Crippen molar-refractivity contribution < 1.29 is 18.0 Å². The Hall–Kier alpha value is -2.39. The summed E-state index contributed by atoms with van der Waals surface area (Å²) < 4.78 is 25.2. The third-order valence-electron chi connectivity index (χ3n) is 3.89. The number of carbonyl (C=O) groups is 2. The molecule has 2 rings (SSSR count). The predicted octanol–water partition coefficient (Wildman–Crippen LogP) is 0.528. The maximum Gasteiger partial charge on any atom is 0.319 e. The second-order valence-electron chi connectivity index (χ2n) is 5.97. The molecule has 0 fully saturated rings. The molecule has 0 spiro atoms. The Labute approximate surface area is 147 Å². The first kappa shape index (κ1) is 18.9. The third kappa shape index (κ3) is 4.18. The summed E-state index contributed by atoms with van der Waals surface area (Å²) in [5, 5.41) is 7.98. The van der Waals surface area contributed by atoms with Gasteiger partial charge in [0, 0.05) is 26.3 Å². The first-order chi connectivity index (χ1) is 11.6. The monoisotopic (exact) mass is 366 g/mol. The average Bonchev–Trinajstić information content (AvgIpc) is 2.52. The van der Waals surface area contributed by atoms with Crippen molar-refractivity contribution in [2.24, 2.45) is 0 Å². The molecule has 136 valence electrons. The third-order valence-corrected chi connectivity index (χ3v) is 5.71. The summed E-state index contributed by atoms with van der Waals surface area (Å²) in [4.78, 5) is 23.9. The Morgan fingerprint density at radius 3 is 2.36 bits per heavy atom. The largest absolute Gasteiger partial charge is 0.348 e. The van der Waals surface area contributed by atoms with Gasteiger partial charge in [-0.15, -0.1) is 0 Å². The number of carbonyl (C=O) groups excluding carboxylic acids is 2. The molecule has 3 N–H and O–H groups in total. The van der Waals surface area contributed by atoms with Gasteiger partial charge in [-0.3, -0.25) is 4.79 Å². The zero-order valence-electron chi connectivity index (χ0n) is 14.6. The standard InChI is InChI=1S/C16H22N4O4S/c1-10-14(11(2)19-16(22)18-10)15(21)17-9-12-5-7-13(8-6-12)25(23,24)20(3)4/h5-8,10H,9H2,1-4H3,(H,17,21)(H2,18,19,22)/t10-/m1/s1. The first-order valence-corrected chi connectivity index (χ1v) is 9.15. The number of sulfonamides is 1. The molecule has 8 nitrogen and oxygen atoms in total. The number of rotatable bonds is 5. The van der Waals surface area contributed by atoms with Gasteiger partial charge in [-0.1, -0.05) is 12.1 Å². The zero-order valence-corrected chi connectivity index (χ0v) is 15.4. The fourth-order valence-corrected chi connectivity index (χ4v) is 3.40. The van der Waals surface area contributed by atoms with Gasteiger partial charge in [0.05, 0.1) is 16.5 Å². The van der Waals surface area contributed by atoms with Crippen LogP contribution in [0.1, 0.15) is 19.4 Å². The molecule has 1 aliphatic heterocycles. The number of nitrogens with zero attached hydrogens (tertiary/aromatic N) is 1. The van der Waals surface area contributed by atoms with Crippen molar-refractivity contribution >= 4 is 22.0 Å². The van der Waals surface area contributed by atoms with Gasteiger partial charge < -0.3 is 16.0 Å². The minimum absolute atomic E-state index is 0.193. The van der Waals surface area contributed by atoms with Crippen LogP contribution in [0.5, 0.6) is 0 Å². The molecule has 0 unspecified atom stereocenters. The molecular weight excluding hydrogens is 344 g/mol. The van der Waals surface area contributed by atoms with E-state index in [9.17, 15) is 18.0 Å². The zero-order chi connectivity index (χ0) is 18.8. The number of benzene rings is 1. The summed E-state index contributed by atoms with van der Waals surface area (Å²) in [6.45, 7) is 3.65. The van der Waals surface area contributed by atoms with Crippen molar-refractivity contribution in [3.8, 4) is 0 Å². The molecular formula is C16H22N4O4S. The second-order valence-corrected chi connectivity index (χ2v) is 8.12. The van der Waals surface area contributed by atoms with Crippen molar-refractivity contribution in [3.63, 3.8) is 0 Å². The van der Waals surface area contributed by atoms with Crippen LogP contribution >= 0.6 is 0 Å². The fraction of sp³-hybridized carbons (Fsp3) is 0.375. The number of hydrogen-bond acceptors (Lipinski definition) is 4. The summed E-state index contributed by atoms with van der Waals surface area (Å²) in [6, 6.07) is 5.60. The number of amides is 3. The molecule has 0 radical (unpaired) electrons. The quantitative estimate of drug-likeness (QED) is 0.706. The highest BCUT2D eigenvalue weighted by Crippen LogP contribution is 2.15. The Bertz CT molecular complexity index is 813. The summed E-state index contributed by atoms with van der Waals surface area (Å²) in [5.74, 6) is -0.289. The molecule has 9 heteroatoms. The van der Waals surface area contributed by atoms with Crippen LogP contribution in [0.15, 0.2) is 40.4 Å². The Morgan fingerprint density at radius 1 is 1.24 bits per heavy atom. The van der Waals surface area contributed by atoms with E-state index in [2.05, 4.69) is 16.0 Å². The van der Waals surface area contributed by atoms with Crippen LogP contribution in [0.3, 0.4) is 0 Å². The molecule has 0 aromatic heterocycles. The Kier molecular flexibility index (Phi) is 5.48. The summed E-state index contributed by atoms with van der Waals surface area (Å²) >= 11 is 0. The summed E-state index contributed by atoms with van der Waals surface area (Å²) in [7, 11) is -0.532. The molecule has 0 saturated heterocycles. The minimum Gasteiger partial charge on any atom is -0.348 e. The van der Waals surface area contributed by atoms with Gasteiger partial charge in [0.25, 0.3) is 5.91 Å². The highest BCUT2D eigenvalue weighted by Gasteiger charge is 2.26. The lowest BCUT2D eigenvalue weighted by atomic mass is 10.0. The van der Waals surface area contributed by atoms with E-state index in [4.69, 9.17) is 0 Å². The molecule has 25 heavy (non-hydrogen) atoms. The van der Waals surface area contributed by atoms with Crippen molar-refractivity contribution in [1.82, 2.24) is 20.3 Å². The number of hydrogen-bond donors (Lipinski definition) is 3. The normalized spacial score (nSPS) is 18.0. The minimum atomic E-state index is -3.47. The number of nitrogens with one attached hydrogen (secondary N) is 3. The maximum absolute atomic E-state index is 12.4. The van der Waals surface area contributed by atoms with Crippen LogP contribution in [0, 0.1) is 0 Å². The van der Waals surface area contributed by atoms with E-state index >= 15 is 0 Å². The molecule has 1 aliphatic rings. The molecule has 0 bridgehead atoms. The lowest BCUT2D eigenvalue weighted by Gasteiger charge is -2.25. The van der Waals surface area contributed by atoms with Crippen LogP contribution in [0.2, 0.25) is 0 Å². The highest BCUT2D eigenvalue weighted by molar-refractivity contribution is 7.89. The number of allylic oxidation sites excluding steroid dienone is 1. The van der Waals surface area contributed by atoms with Gasteiger partial charge in [-0.05, 0) is 31.5 Å².